The quantitative estimate of drug-likeness (QED) is 0.583. The summed E-state index contributed by atoms with van der Waals surface area (Å²) in [6, 6.07) is 3.67. The van der Waals surface area contributed by atoms with E-state index in [1.54, 1.807) is 6.92 Å². The van der Waals surface area contributed by atoms with E-state index < -0.39 is 0 Å². The molecule has 13 heavy (non-hydrogen) atoms. The summed E-state index contributed by atoms with van der Waals surface area (Å²) in [7, 11) is 0. The number of phenols is 1. The largest absolute Gasteiger partial charge is 0.507 e. The number of hydrogen-bond acceptors (Lipinski definition) is 3. The first kappa shape index (κ1) is 10.1. The molecule has 0 amide bonds. The summed E-state index contributed by atoms with van der Waals surface area (Å²) < 4.78 is 0. The maximum Gasteiger partial charge on any atom is 0.164 e. The molecule has 0 atom stereocenters. The highest BCUT2D eigenvalue weighted by Gasteiger charge is 2.13. The van der Waals surface area contributed by atoms with Gasteiger partial charge in [-0.25, -0.2) is 0 Å². The number of benzene rings is 1. The molecule has 0 spiro atoms. The van der Waals surface area contributed by atoms with Crippen LogP contribution in [0.5, 0.6) is 5.75 Å². The third-order valence-electron chi connectivity index (χ3n) is 1.91. The van der Waals surface area contributed by atoms with Gasteiger partial charge in [0.15, 0.2) is 5.78 Å². The molecule has 1 aromatic carbocycles. The number of Topliss-reactive ketones (excluding diaryl/α,β-unsaturated/α-hetero) is 1. The van der Waals surface area contributed by atoms with Gasteiger partial charge in [-0.3, -0.25) is 4.79 Å². The fraction of sp³-hybridized carbons (Fsp3) is 0.300. The van der Waals surface area contributed by atoms with Crippen molar-refractivity contribution in [1.29, 1.82) is 0 Å². The molecule has 70 valence electrons. The van der Waals surface area contributed by atoms with E-state index in [1.807, 2.05) is 18.4 Å². The van der Waals surface area contributed by atoms with Crippen LogP contribution in [-0.2, 0) is 0 Å². The van der Waals surface area contributed by atoms with Crippen molar-refractivity contribution in [2.75, 3.05) is 6.26 Å². The highest BCUT2D eigenvalue weighted by Crippen LogP contribution is 2.31. The number of carbonyl (C=O) groups excluding carboxylic acids is 1. The molecule has 1 aromatic rings. The van der Waals surface area contributed by atoms with E-state index in [1.165, 1.54) is 18.7 Å². The average Bonchev–Trinajstić information content (AvgIpc) is 2.08. The second kappa shape index (κ2) is 3.83. The van der Waals surface area contributed by atoms with Gasteiger partial charge in [-0.15, -0.1) is 11.8 Å². The van der Waals surface area contributed by atoms with E-state index in [0.29, 0.717) is 5.56 Å². The minimum absolute atomic E-state index is 0.0921. The lowest BCUT2D eigenvalue weighted by molar-refractivity contribution is 0.101. The van der Waals surface area contributed by atoms with E-state index >= 15 is 0 Å². The zero-order chi connectivity index (χ0) is 10.0. The van der Waals surface area contributed by atoms with Crippen molar-refractivity contribution in [3.8, 4) is 5.75 Å². The smallest absolute Gasteiger partial charge is 0.164 e. The third kappa shape index (κ3) is 1.86. The van der Waals surface area contributed by atoms with Gasteiger partial charge < -0.3 is 5.11 Å². The molecular formula is C10H12O2S. The highest BCUT2D eigenvalue weighted by molar-refractivity contribution is 7.98. The summed E-state index contributed by atoms with van der Waals surface area (Å²) in [6.07, 6.45) is 1.89. The van der Waals surface area contributed by atoms with Crippen LogP contribution in [0.15, 0.2) is 17.0 Å². The number of carbonyl (C=O) groups is 1. The van der Waals surface area contributed by atoms with Gasteiger partial charge in [-0.05, 0) is 31.7 Å². The monoisotopic (exact) mass is 196 g/mol. The Balaban J connectivity index is 3.41. The second-order valence-electron chi connectivity index (χ2n) is 2.86. The molecule has 0 radical (unpaired) electrons. The van der Waals surface area contributed by atoms with Gasteiger partial charge in [-0.1, -0.05) is 6.07 Å². The lowest BCUT2D eigenvalue weighted by Crippen LogP contribution is -1.97. The molecule has 0 aliphatic carbocycles. The zero-order valence-corrected chi connectivity index (χ0v) is 8.73. The number of aryl methyl sites for hydroxylation is 1. The summed E-state index contributed by atoms with van der Waals surface area (Å²) >= 11 is 1.47. The Morgan fingerprint density at radius 1 is 1.46 bits per heavy atom. The molecule has 0 saturated heterocycles. The first-order valence-electron chi connectivity index (χ1n) is 3.95. The maximum absolute atomic E-state index is 11.2. The molecule has 0 heterocycles. The molecule has 0 aromatic heterocycles. The van der Waals surface area contributed by atoms with Crippen molar-refractivity contribution in [2.24, 2.45) is 0 Å². The van der Waals surface area contributed by atoms with Crippen LogP contribution in [0.2, 0.25) is 0 Å². The van der Waals surface area contributed by atoms with Crippen LogP contribution in [0, 0.1) is 6.92 Å². The van der Waals surface area contributed by atoms with Crippen molar-refractivity contribution in [3.05, 3.63) is 23.3 Å². The Labute approximate surface area is 82.0 Å². The van der Waals surface area contributed by atoms with E-state index in [4.69, 9.17) is 0 Å². The van der Waals surface area contributed by atoms with Crippen molar-refractivity contribution in [2.45, 2.75) is 18.7 Å². The Morgan fingerprint density at radius 2 is 2.08 bits per heavy atom. The van der Waals surface area contributed by atoms with Crippen LogP contribution >= 0.6 is 11.8 Å². The number of ketones is 1. The predicted molar refractivity (Wildman–Crippen MR) is 54.6 cm³/mol. The fourth-order valence-electron chi connectivity index (χ4n) is 1.19. The van der Waals surface area contributed by atoms with Crippen molar-refractivity contribution in [1.82, 2.24) is 0 Å². The molecule has 2 nitrogen and oxygen atoms in total. The SMILES string of the molecule is CSc1ccc(C)c(O)c1C(C)=O. The highest BCUT2D eigenvalue weighted by atomic mass is 32.2. The van der Waals surface area contributed by atoms with E-state index in [-0.39, 0.29) is 11.5 Å². The summed E-state index contributed by atoms with van der Waals surface area (Å²) in [5.74, 6) is 0.0184. The predicted octanol–water partition coefficient (Wildman–Crippen LogP) is 2.63. The summed E-state index contributed by atoms with van der Waals surface area (Å²) in [4.78, 5) is 12.1. The van der Waals surface area contributed by atoms with E-state index in [0.717, 1.165) is 10.5 Å². The second-order valence-corrected chi connectivity index (χ2v) is 3.71. The van der Waals surface area contributed by atoms with E-state index in [2.05, 4.69) is 0 Å². The van der Waals surface area contributed by atoms with Gasteiger partial charge in [0.2, 0.25) is 0 Å². The number of aromatic hydroxyl groups is 1. The molecule has 0 unspecified atom stereocenters. The van der Waals surface area contributed by atoms with Crippen LogP contribution in [-0.4, -0.2) is 17.1 Å². The van der Waals surface area contributed by atoms with E-state index in [9.17, 15) is 9.90 Å². The van der Waals surface area contributed by atoms with Gasteiger partial charge in [-0.2, -0.15) is 0 Å². The normalized spacial score (nSPS) is 10.1. The minimum atomic E-state index is -0.0921. The Kier molecular flexibility index (Phi) is 2.98. The van der Waals surface area contributed by atoms with Gasteiger partial charge in [0.25, 0.3) is 0 Å². The van der Waals surface area contributed by atoms with Gasteiger partial charge in [0.05, 0.1) is 5.56 Å². The van der Waals surface area contributed by atoms with Gasteiger partial charge in [0, 0.05) is 4.90 Å². The summed E-state index contributed by atoms with van der Waals surface area (Å²) in [6.45, 7) is 3.25. The van der Waals surface area contributed by atoms with Crippen LogP contribution < -0.4 is 0 Å². The Bertz CT molecular complexity index is 345. The van der Waals surface area contributed by atoms with Crippen LogP contribution in [0.1, 0.15) is 22.8 Å². The number of thioether (sulfide) groups is 1. The first-order valence-corrected chi connectivity index (χ1v) is 5.18. The van der Waals surface area contributed by atoms with Crippen LogP contribution in [0.3, 0.4) is 0 Å². The molecular weight excluding hydrogens is 184 g/mol. The molecule has 1 N–H and O–H groups in total. The molecule has 0 aliphatic heterocycles. The number of phenolic OH excluding ortho intramolecular Hbond substituents is 1. The van der Waals surface area contributed by atoms with Crippen molar-refractivity contribution < 1.29 is 9.90 Å². The van der Waals surface area contributed by atoms with Crippen LogP contribution in [0.4, 0.5) is 0 Å². The molecule has 3 heteroatoms. The zero-order valence-electron chi connectivity index (χ0n) is 7.92. The first-order chi connectivity index (χ1) is 6.07. The van der Waals surface area contributed by atoms with Gasteiger partial charge >= 0.3 is 0 Å². The topological polar surface area (TPSA) is 37.3 Å². The molecule has 0 aliphatic rings. The maximum atomic E-state index is 11.2. The Hall–Kier alpha value is -0.960. The number of hydrogen-bond donors (Lipinski definition) is 1. The Morgan fingerprint density at radius 3 is 2.54 bits per heavy atom. The fourth-order valence-corrected chi connectivity index (χ4v) is 1.84. The number of rotatable bonds is 2. The molecule has 1 rings (SSSR count). The lowest BCUT2D eigenvalue weighted by Gasteiger charge is -2.08. The standard InChI is InChI=1S/C10H12O2S/c1-6-4-5-8(13-3)9(7(2)11)10(6)12/h4-5,12H,1-3H3. The summed E-state index contributed by atoms with van der Waals surface area (Å²) in [5, 5.41) is 9.65. The third-order valence-corrected chi connectivity index (χ3v) is 2.69. The minimum Gasteiger partial charge on any atom is -0.507 e. The average molecular weight is 196 g/mol. The molecule has 0 saturated carbocycles. The van der Waals surface area contributed by atoms with Crippen molar-refractivity contribution >= 4 is 17.5 Å². The van der Waals surface area contributed by atoms with Gasteiger partial charge in [0.1, 0.15) is 5.75 Å². The van der Waals surface area contributed by atoms with Crippen molar-refractivity contribution in [3.63, 3.8) is 0 Å². The molecule has 0 fully saturated rings. The lowest BCUT2D eigenvalue weighted by atomic mass is 10.1. The molecule has 0 bridgehead atoms. The summed E-state index contributed by atoms with van der Waals surface area (Å²) in [5.41, 5.74) is 1.18. The van der Waals surface area contributed by atoms with Crippen LogP contribution in [0.25, 0.3) is 0 Å².